The normalized spacial score (nSPS) is 23.5. The Morgan fingerprint density at radius 1 is 1.24 bits per heavy atom. The van der Waals surface area contributed by atoms with E-state index in [0.717, 1.165) is 30.6 Å². The highest BCUT2D eigenvalue weighted by Crippen LogP contribution is 2.32. The minimum Gasteiger partial charge on any atom is -0.312 e. The van der Waals surface area contributed by atoms with E-state index in [2.05, 4.69) is 55.8 Å². The predicted octanol–water partition coefficient (Wildman–Crippen LogP) is 3.95. The first kappa shape index (κ1) is 16.5. The Bertz CT molecular complexity index is 442. The molecular formula is C18H33N3. The van der Waals surface area contributed by atoms with Crippen molar-refractivity contribution < 1.29 is 0 Å². The lowest BCUT2D eigenvalue weighted by Gasteiger charge is -2.34. The summed E-state index contributed by atoms with van der Waals surface area (Å²) in [6.45, 7) is 13.2. The molecule has 2 rings (SSSR count). The molecule has 0 radical (unpaired) electrons. The van der Waals surface area contributed by atoms with Crippen molar-refractivity contribution in [2.45, 2.75) is 78.8 Å². The van der Waals surface area contributed by atoms with Crippen molar-refractivity contribution in [1.82, 2.24) is 15.1 Å². The van der Waals surface area contributed by atoms with Crippen LogP contribution in [0, 0.1) is 18.8 Å². The highest BCUT2D eigenvalue weighted by Gasteiger charge is 2.27. The zero-order valence-electron chi connectivity index (χ0n) is 14.6. The largest absolute Gasteiger partial charge is 0.312 e. The van der Waals surface area contributed by atoms with E-state index in [1.165, 1.54) is 37.8 Å². The summed E-state index contributed by atoms with van der Waals surface area (Å²) >= 11 is 0. The number of hydrogen-bond donors (Lipinski definition) is 1. The molecule has 0 spiro atoms. The van der Waals surface area contributed by atoms with Crippen molar-refractivity contribution in [3.63, 3.8) is 0 Å². The van der Waals surface area contributed by atoms with Gasteiger partial charge in [-0.15, -0.1) is 0 Å². The van der Waals surface area contributed by atoms with Gasteiger partial charge in [0.1, 0.15) is 0 Å². The second-order valence-electron chi connectivity index (χ2n) is 7.73. The van der Waals surface area contributed by atoms with Gasteiger partial charge in [-0.1, -0.05) is 12.8 Å². The fraction of sp³-hybridized carbons (Fsp3) is 0.833. The van der Waals surface area contributed by atoms with E-state index in [1.54, 1.807) is 0 Å². The van der Waals surface area contributed by atoms with Crippen molar-refractivity contribution >= 4 is 0 Å². The monoisotopic (exact) mass is 291 g/mol. The summed E-state index contributed by atoms with van der Waals surface area (Å²) in [5.74, 6) is 1.63. The van der Waals surface area contributed by atoms with E-state index in [0.29, 0.717) is 0 Å². The van der Waals surface area contributed by atoms with E-state index >= 15 is 0 Å². The Balaban J connectivity index is 2.01. The zero-order valence-corrected chi connectivity index (χ0v) is 14.6. The lowest BCUT2D eigenvalue weighted by atomic mass is 9.76. The molecule has 0 aliphatic heterocycles. The topological polar surface area (TPSA) is 29.9 Å². The molecule has 1 saturated carbocycles. The van der Waals surface area contributed by atoms with Crippen LogP contribution in [0.25, 0.3) is 0 Å². The van der Waals surface area contributed by atoms with E-state index in [9.17, 15) is 0 Å². The summed E-state index contributed by atoms with van der Waals surface area (Å²) in [6.07, 6.45) is 6.76. The number of hydrogen-bond acceptors (Lipinski definition) is 2. The van der Waals surface area contributed by atoms with Crippen LogP contribution in [-0.4, -0.2) is 21.9 Å². The maximum atomic E-state index is 4.61. The summed E-state index contributed by atoms with van der Waals surface area (Å²) in [4.78, 5) is 0. The number of rotatable bonds is 5. The minimum absolute atomic E-state index is 0.226. The molecule has 21 heavy (non-hydrogen) atoms. The molecule has 1 N–H and O–H groups in total. The van der Waals surface area contributed by atoms with Gasteiger partial charge in [-0.2, -0.15) is 5.10 Å². The van der Waals surface area contributed by atoms with Gasteiger partial charge >= 0.3 is 0 Å². The summed E-state index contributed by atoms with van der Waals surface area (Å²) in [5.41, 5.74) is 2.82. The Labute approximate surface area is 130 Å². The first-order valence-corrected chi connectivity index (χ1v) is 8.67. The van der Waals surface area contributed by atoms with Crippen LogP contribution in [0.4, 0.5) is 0 Å². The summed E-state index contributed by atoms with van der Waals surface area (Å²) in [5, 5.41) is 8.32. The fourth-order valence-corrected chi connectivity index (χ4v) is 3.57. The van der Waals surface area contributed by atoms with E-state index in [4.69, 9.17) is 0 Å². The maximum absolute atomic E-state index is 4.61. The van der Waals surface area contributed by atoms with Gasteiger partial charge in [0.2, 0.25) is 0 Å². The van der Waals surface area contributed by atoms with Crippen molar-refractivity contribution in [2.75, 3.05) is 6.54 Å². The number of aromatic nitrogens is 2. The third-order valence-electron chi connectivity index (χ3n) is 4.72. The lowest BCUT2D eigenvalue weighted by Crippen LogP contribution is -2.41. The second-order valence-corrected chi connectivity index (χ2v) is 7.73. The van der Waals surface area contributed by atoms with Gasteiger partial charge in [0.25, 0.3) is 0 Å². The van der Waals surface area contributed by atoms with E-state index in [1.807, 2.05) is 0 Å². The van der Waals surface area contributed by atoms with Crippen LogP contribution in [-0.2, 0) is 13.0 Å². The van der Waals surface area contributed by atoms with Gasteiger partial charge in [-0.25, -0.2) is 0 Å². The fourth-order valence-electron chi connectivity index (χ4n) is 3.57. The molecule has 0 saturated heterocycles. The lowest BCUT2D eigenvalue weighted by molar-refractivity contribution is 0.210. The van der Waals surface area contributed by atoms with Crippen LogP contribution < -0.4 is 5.32 Å². The smallest absolute Gasteiger partial charge is 0.0596 e. The number of nitrogens with one attached hydrogen (secondary N) is 1. The van der Waals surface area contributed by atoms with Crippen molar-refractivity contribution in [3.05, 3.63) is 17.5 Å². The van der Waals surface area contributed by atoms with Crippen LogP contribution in [0.1, 0.15) is 64.8 Å². The predicted molar refractivity (Wildman–Crippen MR) is 89.5 cm³/mol. The first-order valence-electron chi connectivity index (χ1n) is 8.67. The molecule has 3 heteroatoms. The SMILES string of the molecule is CCn1nc(C)cc1CC1CCCCC1CNC(C)(C)C. The Morgan fingerprint density at radius 3 is 2.52 bits per heavy atom. The summed E-state index contributed by atoms with van der Waals surface area (Å²) < 4.78 is 2.19. The standard InChI is InChI=1S/C18H33N3/c1-6-21-17(11-14(2)20-21)12-15-9-7-8-10-16(15)13-19-18(3,4)5/h11,15-16,19H,6-10,12-13H2,1-5H3. The van der Waals surface area contributed by atoms with Crippen molar-refractivity contribution in [3.8, 4) is 0 Å². The summed E-state index contributed by atoms with van der Waals surface area (Å²) in [6, 6.07) is 2.28. The van der Waals surface area contributed by atoms with Gasteiger partial charge in [0.15, 0.2) is 0 Å². The Kier molecular flexibility index (Phi) is 5.48. The van der Waals surface area contributed by atoms with Crippen LogP contribution in [0.5, 0.6) is 0 Å². The van der Waals surface area contributed by atoms with E-state index in [-0.39, 0.29) is 5.54 Å². The Morgan fingerprint density at radius 2 is 1.90 bits per heavy atom. The molecule has 1 aromatic heterocycles. The van der Waals surface area contributed by atoms with Crippen molar-refractivity contribution in [2.24, 2.45) is 11.8 Å². The molecule has 1 fully saturated rings. The van der Waals surface area contributed by atoms with E-state index < -0.39 is 0 Å². The van der Waals surface area contributed by atoms with Crippen LogP contribution in [0.2, 0.25) is 0 Å². The third kappa shape index (κ3) is 4.84. The number of aryl methyl sites for hydroxylation is 2. The molecule has 0 amide bonds. The van der Waals surface area contributed by atoms with Crippen LogP contribution in [0.15, 0.2) is 6.07 Å². The maximum Gasteiger partial charge on any atom is 0.0596 e. The highest BCUT2D eigenvalue weighted by molar-refractivity contribution is 5.10. The summed E-state index contributed by atoms with van der Waals surface area (Å²) in [7, 11) is 0. The quantitative estimate of drug-likeness (QED) is 0.890. The average molecular weight is 291 g/mol. The molecule has 1 aliphatic rings. The molecule has 2 unspecified atom stereocenters. The van der Waals surface area contributed by atoms with Gasteiger partial charge in [-0.3, -0.25) is 4.68 Å². The van der Waals surface area contributed by atoms with Gasteiger partial charge in [0, 0.05) is 17.8 Å². The second kappa shape index (κ2) is 6.95. The molecule has 1 aliphatic carbocycles. The molecule has 2 atom stereocenters. The molecule has 1 aromatic rings. The molecule has 1 heterocycles. The molecule has 0 aromatic carbocycles. The van der Waals surface area contributed by atoms with Gasteiger partial charge in [0.05, 0.1) is 5.69 Å². The third-order valence-corrected chi connectivity index (χ3v) is 4.72. The first-order chi connectivity index (χ1) is 9.89. The van der Waals surface area contributed by atoms with Crippen LogP contribution >= 0.6 is 0 Å². The molecule has 3 nitrogen and oxygen atoms in total. The zero-order chi connectivity index (χ0) is 15.5. The highest BCUT2D eigenvalue weighted by atomic mass is 15.3. The molecule has 0 bridgehead atoms. The van der Waals surface area contributed by atoms with Gasteiger partial charge < -0.3 is 5.32 Å². The molecular weight excluding hydrogens is 258 g/mol. The average Bonchev–Trinajstić information content (AvgIpc) is 2.77. The van der Waals surface area contributed by atoms with Crippen molar-refractivity contribution in [1.29, 1.82) is 0 Å². The minimum atomic E-state index is 0.226. The molecule has 120 valence electrons. The Hall–Kier alpha value is -0.830. The van der Waals surface area contributed by atoms with Crippen LogP contribution in [0.3, 0.4) is 0 Å². The van der Waals surface area contributed by atoms with Gasteiger partial charge in [-0.05, 0) is 78.3 Å². The number of nitrogens with zero attached hydrogens (tertiary/aromatic N) is 2.